The first kappa shape index (κ1) is 17.6. The van der Waals surface area contributed by atoms with Gasteiger partial charge in [-0.2, -0.15) is 0 Å². The Balaban J connectivity index is 1.84. The third-order valence-electron chi connectivity index (χ3n) is 5.24. The van der Waals surface area contributed by atoms with E-state index in [-0.39, 0.29) is 24.0 Å². The molecule has 1 aliphatic rings. The Morgan fingerprint density at radius 3 is 2.52 bits per heavy atom. The number of carbonyl (C=O) groups is 1. The van der Waals surface area contributed by atoms with Crippen LogP contribution >= 0.6 is 0 Å². The third-order valence-corrected chi connectivity index (χ3v) is 5.24. The molecule has 1 fully saturated rings. The van der Waals surface area contributed by atoms with Gasteiger partial charge in [-0.05, 0) is 67.9 Å². The van der Waals surface area contributed by atoms with Crippen LogP contribution in [-0.4, -0.2) is 22.1 Å². The lowest BCUT2D eigenvalue weighted by Gasteiger charge is -2.27. The molecule has 1 saturated carbocycles. The van der Waals surface area contributed by atoms with Gasteiger partial charge in [-0.3, -0.25) is 9.78 Å². The first-order valence-corrected chi connectivity index (χ1v) is 9.00. The van der Waals surface area contributed by atoms with Crippen molar-refractivity contribution in [3.63, 3.8) is 0 Å². The Morgan fingerprint density at radius 1 is 1.12 bits per heavy atom. The van der Waals surface area contributed by atoms with Gasteiger partial charge in [-0.25, -0.2) is 0 Å². The summed E-state index contributed by atoms with van der Waals surface area (Å²) in [4.78, 5) is 17.0. The Morgan fingerprint density at radius 2 is 1.88 bits per heavy atom. The number of aliphatic hydroxyl groups excluding tert-OH is 1. The molecule has 0 spiro atoms. The molecule has 0 bridgehead atoms. The van der Waals surface area contributed by atoms with Crippen molar-refractivity contribution in [1.29, 1.82) is 0 Å². The van der Waals surface area contributed by atoms with Gasteiger partial charge in [-0.15, -0.1) is 0 Å². The van der Waals surface area contributed by atoms with Crippen LogP contribution in [0.2, 0.25) is 0 Å². The number of benzene rings is 1. The lowest BCUT2D eigenvalue weighted by Crippen LogP contribution is -2.37. The van der Waals surface area contributed by atoms with Crippen LogP contribution in [0, 0.1) is 19.8 Å². The van der Waals surface area contributed by atoms with Gasteiger partial charge in [-0.1, -0.05) is 24.3 Å². The molecule has 0 unspecified atom stereocenters. The minimum atomic E-state index is -0.252. The van der Waals surface area contributed by atoms with Crippen molar-refractivity contribution >= 4 is 5.91 Å². The molecule has 1 atom stereocenters. The summed E-state index contributed by atoms with van der Waals surface area (Å²) in [6.07, 6.45) is 6.21. The standard InChI is InChI=1S/C21H26N2O2/c1-14-5-6-17(12-15(14)2)20(18-4-3-11-22-13-18)23-21(25)16-7-9-19(24)10-8-16/h3-6,11-13,16,19-20,24H,7-10H2,1-2H3,(H,23,25)/t16?,19?,20-/m0/s1. The van der Waals surface area contributed by atoms with Crippen LogP contribution in [0.4, 0.5) is 0 Å². The van der Waals surface area contributed by atoms with Gasteiger partial charge in [0.25, 0.3) is 0 Å². The van der Waals surface area contributed by atoms with Gasteiger partial charge in [0.2, 0.25) is 5.91 Å². The molecule has 0 aliphatic heterocycles. The van der Waals surface area contributed by atoms with Gasteiger partial charge in [0.05, 0.1) is 12.1 Å². The second-order valence-electron chi connectivity index (χ2n) is 7.08. The number of carbonyl (C=O) groups excluding carboxylic acids is 1. The molecule has 1 aromatic heterocycles. The number of amides is 1. The summed E-state index contributed by atoms with van der Waals surface area (Å²) >= 11 is 0. The summed E-state index contributed by atoms with van der Waals surface area (Å²) in [6.45, 7) is 4.17. The highest BCUT2D eigenvalue weighted by atomic mass is 16.3. The second kappa shape index (κ2) is 7.79. The number of aromatic nitrogens is 1. The van der Waals surface area contributed by atoms with E-state index in [0.29, 0.717) is 12.8 Å². The number of aryl methyl sites for hydroxylation is 2. The molecule has 1 aromatic carbocycles. The Kier molecular flexibility index (Phi) is 5.49. The quantitative estimate of drug-likeness (QED) is 0.897. The van der Waals surface area contributed by atoms with E-state index in [0.717, 1.165) is 24.0 Å². The van der Waals surface area contributed by atoms with E-state index in [1.807, 2.05) is 18.3 Å². The molecule has 132 valence electrons. The predicted octanol–water partition coefficient (Wildman–Crippen LogP) is 3.46. The number of hydrogen-bond donors (Lipinski definition) is 2. The topological polar surface area (TPSA) is 62.2 Å². The Labute approximate surface area is 149 Å². The third kappa shape index (κ3) is 4.26. The van der Waals surface area contributed by atoms with Crippen LogP contribution in [0.3, 0.4) is 0 Å². The summed E-state index contributed by atoms with van der Waals surface area (Å²) in [7, 11) is 0. The Bertz CT molecular complexity index is 722. The van der Waals surface area contributed by atoms with Crippen LogP contribution in [0.15, 0.2) is 42.7 Å². The largest absolute Gasteiger partial charge is 0.393 e. The van der Waals surface area contributed by atoms with Crippen molar-refractivity contribution in [3.05, 3.63) is 65.0 Å². The number of pyridine rings is 1. The smallest absolute Gasteiger partial charge is 0.223 e. The van der Waals surface area contributed by atoms with Crippen molar-refractivity contribution < 1.29 is 9.90 Å². The maximum absolute atomic E-state index is 12.8. The first-order valence-electron chi connectivity index (χ1n) is 9.00. The van der Waals surface area contributed by atoms with Gasteiger partial charge >= 0.3 is 0 Å². The fourth-order valence-electron chi connectivity index (χ4n) is 3.45. The molecule has 0 radical (unpaired) electrons. The molecular formula is C21H26N2O2. The lowest BCUT2D eigenvalue weighted by molar-refractivity contribution is -0.127. The maximum Gasteiger partial charge on any atom is 0.223 e. The summed E-state index contributed by atoms with van der Waals surface area (Å²) < 4.78 is 0. The molecule has 1 amide bonds. The van der Waals surface area contributed by atoms with E-state index in [1.165, 1.54) is 11.1 Å². The fraction of sp³-hybridized carbons (Fsp3) is 0.429. The van der Waals surface area contributed by atoms with Crippen LogP contribution in [0.25, 0.3) is 0 Å². The van der Waals surface area contributed by atoms with Crippen molar-refractivity contribution in [2.45, 2.75) is 51.7 Å². The molecule has 1 aliphatic carbocycles. The first-order chi connectivity index (χ1) is 12.0. The van der Waals surface area contributed by atoms with Crippen LogP contribution in [0.5, 0.6) is 0 Å². The molecular weight excluding hydrogens is 312 g/mol. The molecule has 1 heterocycles. The van der Waals surface area contributed by atoms with E-state index >= 15 is 0 Å². The summed E-state index contributed by atoms with van der Waals surface area (Å²) in [5.41, 5.74) is 4.50. The number of rotatable bonds is 4. The highest BCUT2D eigenvalue weighted by Gasteiger charge is 2.27. The number of nitrogens with zero attached hydrogens (tertiary/aromatic N) is 1. The molecule has 25 heavy (non-hydrogen) atoms. The van der Waals surface area contributed by atoms with E-state index in [9.17, 15) is 9.90 Å². The van der Waals surface area contributed by atoms with Crippen LogP contribution in [-0.2, 0) is 4.79 Å². The zero-order chi connectivity index (χ0) is 17.8. The monoisotopic (exact) mass is 338 g/mol. The highest BCUT2D eigenvalue weighted by Crippen LogP contribution is 2.28. The van der Waals surface area contributed by atoms with Gasteiger partial charge in [0.15, 0.2) is 0 Å². The van der Waals surface area contributed by atoms with Crippen LogP contribution < -0.4 is 5.32 Å². The number of nitrogens with one attached hydrogen (secondary N) is 1. The molecule has 3 rings (SSSR count). The normalized spacial score (nSPS) is 21.6. The zero-order valence-corrected chi connectivity index (χ0v) is 14.9. The minimum Gasteiger partial charge on any atom is -0.393 e. The lowest BCUT2D eigenvalue weighted by atomic mass is 9.86. The predicted molar refractivity (Wildman–Crippen MR) is 98.1 cm³/mol. The van der Waals surface area contributed by atoms with Crippen molar-refractivity contribution in [1.82, 2.24) is 10.3 Å². The molecule has 2 aromatic rings. The van der Waals surface area contributed by atoms with Gasteiger partial charge in [0, 0.05) is 18.3 Å². The second-order valence-corrected chi connectivity index (χ2v) is 7.08. The molecule has 4 heteroatoms. The molecule has 2 N–H and O–H groups in total. The number of aliphatic hydroxyl groups is 1. The average Bonchev–Trinajstić information content (AvgIpc) is 2.63. The summed E-state index contributed by atoms with van der Waals surface area (Å²) in [6, 6.07) is 10.00. The van der Waals surface area contributed by atoms with Crippen molar-refractivity contribution in [2.24, 2.45) is 5.92 Å². The van der Waals surface area contributed by atoms with Crippen LogP contribution in [0.1, 0.15) is 54.0 Å². The SMILES string of the molecule is Cc1ccc([C@H](NC(=O)C2CCC(O)CC2)c2cccnc2)cc1C. The molecule has 0 saturated heterocycles. The van der Waals surface area contributed by atoms with E-state index < -0.39 is 0 Å². The summed E-state index contributed by atoms with van der Waals surface area (Å²) in [5, 5.41) is 12.9. The fourth-order valence-corrected chi connectivity index (χ4v) is 3.45. The summed E-state index contributed by atoms with van der Waals surface area (Å²) in [5.74, 6) is 0.0492. The van der Waals surface area contributed by atoms with E-state index in [4.69, 9.17) is 0 Å². The Hall–Kier alpha value is -2.20. The highest BCUT2D eigenvalue weighted by molar-refractivity contribution is 5.79. The van der Waals surface area contributed by atoms with E-state index in [1.54, 1.807) is 6.20 Å². The molecule has 4 nitrogen and oxygen atoms in total. The number of hydrogen-bond acceptors (Lipinski definition) is 3. The maximum atomic E-state index is 12.8. The van der Waals surface area contributed by atoms with E-state index in [2.05, 4.69) is 42.3 Å². The minimum absolute atomic E-state index is 0.0193. The average molecular weight is 338 g/mol. The van der Waals surface area contributed by atoms with Crippen molar-refractivity contribution in [3.8, 4) is 0 Å². The van der Waals surface area contributed by atoms with Gasteiger partial charge in [0.1, 0.15) is 0 Å². The van der Waals surface area contributed by atoms with Crippen molar-refractivity contribution in [2.75, 3.05) is 0 Å². The zero-order valence-electron chi connectivity index (χ0n) is 14.9. The van der Waals surface area contributed by atoms with Gasteiger partial charge < -0.3 is 10.4 Å².